The van der Waals surface area contributed by atoms with Gasteiger partial charge in [-0.2, -0.15) is 0 Å². The molecule has 0 atom stereocenters. The molecule has 1 amide bonds. The summed E-state index contributed by atoms with van der Waals surface area (Å²) in [6.07, 6.45) is -0.0686. The molecule has 4 heteroatoms. The highest BCUT2D eigenvalue weighted by Gasteiger charge is 2.09. The van der Waals surface area contributed by atoms with Crippen molar-refractivity contribution in [3.05, 3.63) is 0 Å². The van der Waals surface area contributed by atoms with Crippen molar-refractivity contribution in [3.8, 4) is 0 Å². The molecule has 0 aromatic rings. The van der Waals surface area contributed by atoms with Crippen molar-refractivity contribution in [2.75, 3.05) is 27.8 Å². The third-order valence-corrected chi connectivity index (χ3v) is 1.15. The molecule has 0 aliphatic heterocycles. The fourth-order valence-corrected chi connectivity index (χ4v) is 0.539. The van der Waals surface area contributed by atoms with Gasteiger partial charge in [0.15, 0.2) is 5.78 Å². The smallest absolute Gasteiger partial charge is 0.229 e. The molecular weight excluding hydrogens is 146 g/mol. The normalized spacial score (nSPS) is 9.36. The summed E-state index contributed by atoms with van der Waals surface area (Å²) in [4.78, 5) is 23.0. The number of hydrogen-bond acceptors (Lipinski definition) is 3. The van der Waals surface area contributed by atoms with Crippen molar-refractivity contribution in [1.82, 2.24) is 4.90 Å². The number of rotatable bonds is 4. The van der Waals surface area contributed by atoms with Gasteiger partial charge in [0.2, 0.25) is 5.91 Å². The molecule has 0 N–H and O–H groups in total. The van der Waals surface area contributed by atoms with Crippen LogP contribution in [0.15, 0.2) is 0 Å². The van der Waals surface area contributed by atoms with Gasteiger partial charge in [-0.25, -0.2) is 0 Å². The van der Waals surface area contributed by atoms with Crippen LogP contribution in [0.2, 0.25) is 0 Å². The number of ketones is 1. The largest absolute Gasteiger partial charge is 0.377 e. The van der Waals surface area contributed by atoms with E-state index in [1.165, 1.54) is 12.0 Å². The second kappa shape index (κ2) is 4.85. The van der Waals surface area contributed by atoms with Crippen LogP contribution in [-0.2, 0) is 14.3 Å². The van der Waals surface area contributed by atoms with Gasteiger partial charge < -0.3 is 9.64 Å². The molecule has 0 fully saturated rings. The average molecular weight is 159 g/mol. The highest BCUT2D eigenvalue weighted by molar-refractivity contribution is 5.98. The van der Waals surface area contributed by atoms with E-state index in [4.69, 9.17) is 0 Å². The monoisotopic (exact) mass is 159 g/mol. The molecule has 0 spiro atoms. The molecule has 4 nitrogen and oxygen atoms in total. The quantitative estimate of drug-likeness (QED) is 0.528. The Morgan fingerprint density at radius 3 is 2.27 bits per heavy atom. The molecule has 0 heterocycles. The summed E-state index contributed by atoms with van der Waals surface area (Å²) in [6, 6.07) is 0. The van der Waals surface area contributed by atoms with Gasteiger partial charge in [-0.05, 0) is 0 Å². The highest BCUT2D eigenvalue weighted by atomic mass is 16.5. The van der Waals surface area contributed by atoms with Crippen LogP contribution in [-0.4, -0.2) is 44.4 Å². The molecule has 0 saturated carbocycles. The zero-order valence-corrected chi connectivity index (χ0v) is 7.09. The van der Waals surface area contributed by atoms with Crippen molar-refractivity contribution < 1.29 is 14.3 Å². The maximum Gasteiger partial charge on any atom is 0.229 e. The molecule has 0 bridgehead atoms. The van der Waals surface area contributed by atoms with E-state index in [1.807, 2.05) is 0 Å². The fourth-order valence-electron chi connectivity index (χ4n) is 0.539. The Morgan fingerprint density at radius 1 is 1.36 bits per heavy atom. The van der Waals surface area contributed by atoms with Crippen molar-refractivity contribution in [3.63, 3.8) is 0 Å². The third-order valence-electron chi connectivity index (χ3n) is 1.15. The number of nitrogens with zero attached hydrogens (tertiary/aromatic N) is 1. The highest BCUT2D eigenvalue weighted by Crippen LogP contribution is 1.89. The Hall–Kier alpha value is -0.900. The number of methoxy groups -OCH3 is 1. The lowest BCUT2D eigenvalue weighted by molar-refractivity contribution is -0.134. The van der Waals surface area contributed by atoms with Crippen LogP contribution in [0.5, 0.6) is 0 Å². The van der Waals surface area contributed by atoms with Gasteiger partial charge in [0.25, 0.3) is 0 Å². The number of carbonyl (C=O) groups is 2. The summed E-state index contributed by atoms with van der Waals surface area (Å²) in [7, 11) is 4.66. The number of ether oxygens (including phenoxy) is 1. The molecule has 0 radical (unpaired) electrons. The lowest BCUT2D eigenvalue weighted by Gasteiger charge is -2.08. The van der Waals surface area contributed by atoms with Crippen molar-refractivity contribution in [2.24, 2.45) is 0 Å². The molecule has 0 aromatic heterocycles. The SMILES string of the molecule is COCC(=O)CC(=O)N(C)C. The van der Waals surface area contributed by atoms with E-state index in [0.29, 0.717) is 0 Å². The van der Waals surface area contributed by atoms with Gasteiger partial charge in [-0.3, -0.25) is 9.59 Å². The van der Waals surface area contributed by atoms with Gasteiger partial charge >= 0.3 is 0 Å². The molecule has 0 aliphatic rings. The van der Waals surface area contributed by atoms with Crippen LogP contribution in [0.25, 0.3) is 0 Å². The Balaban J connectivity index is 3.67. The summed E-state index contributed by atoms with van der Waals surface area (Å²) in [5.74, 6) is -0.377. The standard InChI is InChI=1S/C7H13NO3/c1-8(2)7(10)4-6(9)5-11-3/h4-5H2,1-3H3. The number of carbonyl (C=O) groups excluding carboxylic acids is 2. The minimum absolute atomic E-state index is 0.0135. The lowest BCUT2D eigenvalue weighted by atomic mass is 10.3. The van der Waals surface area contributed by atoms with E-state index < -0.39 is 0 Å². The van der Waals surface area contributed by atoms with E-state index in [9.17, 15) is 9.59 Å². The molecule has 0 saturated heterocycles. The van der Waals surface area contributed by atoms with Gasteiger partial charge in [0, 0.05) is 21.2 Å². The lowest BCUT2D eigenvalue weighted by Crippen LogP contribution is -2.25. The first-order valence-electron chi connectivity index (χ1n) is 3.28. The van der Waals surface area contributed by atoms with Gasteiger partial charge in [-0.15, -0.1) is 0 Å². The summed E-state index contributed by atoms with van der Waals surface area (Å²) in [5.41, 5.74) is 0. The Kier molecular flexibility index (Phi) is 4.45. The van der Waals surface area contributed by atoms with Crippen LogP contribution >= 0.6 is 0 Å². The maximum absolute atomic E-state index is 10.9. The molecular formula is C7H13NO3. The first-order chi connectivity index (χ1) is 5.07. The van der Waals surface area contributed by atoms with Crippen LogP contribution in [0.1, 0.15) is 6.42 Å². The van der Waals surface area contributed by atoms with Crippen LogP contribution < -0.4 is 0 Å². The van der Waals surface area contributed by atoms with Crippen molar-refractivity contribution >= 4 is 11.7 Å². The molecule has 0 rings (SSSR count). The van der Waals surface area contributed by atoms with E-state index in [2.05, 4.69) is 4.74 Å². The summed E-state index contributed by atoms with van der Waals surface area (Å²) >= 11 is 0. The average Bonchev–Trinajstić information content (AvgIpc) is 1.87. The first kappa shape index (κ1) is 10.1. The maximum atomic E-state index is 10.9. The topological polar surface area (TPSA) is 46.6 Å². The zero-order chi connectivity index (χ0) is 8.85. The zero-order valence-electron chi connectivity index (χ0n) is 7.09. The van der Waals surface area contributed by atoms with E-state index in [1.54, 1.807) is 14.1 Å². The van der Waals surface area contributed by atoms with Crippen molar-refractivity contribution in [2.45, 2.75) is 6.42 Å². The number of Topliss-reactive ketones (excluding diaryl/α,β-unsaturated/α-hetero) is 1. The van der Waals surface area contributed by atoms with E-state index in [0.717, 1.165) is 0 Å². The Bertz CT molecular complexity index is 154. The van der Waals surface area contributed by atoms with Crippen molar-refractivity contribution in [1.29, 1.82) is 0 Å². The first-order valence-corrected chi connectivity index (χ1v) is 3.28. The van der Waals surface area contributed by atoms with Crippen LogP contribution in [0, 0.1) is 0 Å². The third kappa shape index (κ3) is 4.50. The molecule has 64 valence electrons. The Morgan fingerprint density at radius 2 is 1.91 bits per heavy atom. The number of amides is 1. The van der Waals surface area contributed by atoms with E-state index in [-0.39, 0.29) is 24.7 Å². The minimum Gasteiger partial charge on any atom is -0.377 e. The van der Waals surface area contributed by atoms with Crippen LogP contribution in [0.3, 0.4) is 0 Å². The second-order valence-corrected chi connectivity index (χ2v) is 2.44. The predicted molar refractivity (Wildman–Crippen MR) is 40.2 cm³/mol. The molecule has 0 aromatic carbocycles. The minimum atomic E-state index is -0.189. The number of hydrogen-bond donors (Lipinski definition) is 0. The van der Waals surface area contributed by atoms with Gasteiger partial charge in [-0.1, -0.05) is 0 Å². The second-order valence-electron chi connectivity index (χ2n) is 2.44. The summed E-state index contributed by atoms with van der Waals surface area (Å²) < 4.78 is 4.56. The van der Waals surface area contributed by atoms with Gasteiger partial charge in [0.1, 0.15) is 6.61 Å². The van der Waals surface area contributed by atoms with Gasteiger partial charge in [0.05, 0.1) is 6.42 Å². The van der Waals surface area contributed by atoms with Crippen LogP contribution in [0.4, 0.5) is 0 Å². The summed E-state index contributed by atoms with van der Waals surface area (Å²) in [5, 5.41) is 0. The van der Waals surface area contributed by atoms with E-state index >= 15 is 0 Å². The molecule has 11 heavy (non-hydrogen) atoms. The fraction of sp³-hybridized carbons (Fsp3) is 0.714. The molecule has 0 unspecified atom stereocenters. The molecule has 0 aliphatic carbocycles. The Labute approximate surface area is 66.1 Å². The predicted octanol–water partition coefficient (Wildman–Crippen LogP) is -0.320. The summed E-state index contributed by atoms with van der Waals surface area (Å²) in [6.45, 7) is 0.0135.